The number of nitrogens with zero attached hydrogens (tertiary/aromatic N) is 3. The molecule has 0 spiro atoms. The van der Waals surface area contributed by atoms with Crippen molar-refractivity contribution < 1.29 is 0 Å². The Bertz CT molecular complexity index is 397. The van der Waals surface area contributed by atoms with Crippen molar-refractivity contribution in [3.8, 4) is 0 Å². The molecule has 3 rings (SSSR count). The minimum atomic E-state index is 0.576. The first-order valence-electron chi connectivity index (χ1n) is 7.61. The van der Waals surface area contributed by atoms with Crippen LogP contribution in [0.5, 0.6) is 0 Å². The minimum Gasteiger partial charge on any atom is -0.339 e. The molecule has 1 aliphatic carbocycles. The maximum Gasteiger partial charge on any atom is 0.225 e. The Balaban J connectivity index is 1.67. The molecule has 104 valence electrons. The molecule has 1 aromatic rings. The summed E-state index contributed by atoms with van der Waals surface area (Å²) in [5.74, 6) is 1.61. The average molecular weight is 260 g/mol. The van der Waals surface area contributed by atoms with Gasteiger partial charge < -0.3 is 10.2 Å². The number of likely N-dealkylation sites (N-methyl/N-ethyl adjacent to an activating group) is 1. The van der Waals surface area contributed by atoms with E-state index in [0.29, 0.717) is 12.0 Å². The molecule has 19 heavy (non-hydrogen) atoms. The molecule has 1 aliphatic heterocycles. The first-order valence-corrected chi connectivity index (χ1v) is 7.61. The molecule has 1 saturated carbocycles. The van der Waals surface area contributed by atoms with E-state index in [0.717, 1.165) is 19.0 Å². The first kappa shape index (κ1) is 12.9. The molecule has 1 aromatic heterocycles. The molecule has 1 unspecified atom stereocenters. The van der Waals surface area contributed by atoms with Crippen LogP contribution < -0.4 is 10.2 Å². The smallest absolute Gasteiger partial charge is 0.225 e. The topological polar surface area (TPSA) is 41.0 Å². The summed E-state index contributed by atoms with van der Waals surface area (Å²) in [7, 11) is 2.04. The maximum absolute atomic E-state index is 4.60. The normalized spacial score (nSPS) is 24.9. The maximum atomic E-state index is 4.60. The van der Waals surface area contributed by atoms with Crippen molar-refractivity contribution in [3.05, 3.63) is 18.0 Å². The fraction of sp³-hybridized carbons (Fsp3) is 0.733. The van der Waals surface area contributed by atoms with Gasteiger partial charge >= 0.3 is 0 Å². The number of hydrogen-bond donors (Lipinski definition) is 1. The number of anilines is 1. The number of piperidine rings is 1. The Labute approximate surface area is 115 Å². The predicted octanol–water partition coefficient (Wildman–Crippen LogP) is 2.32. The van der Waals surface area contributed by atoms with Gasteiger partial charge in [0.2, 0.25) is 5.95 Å². The van der Waals surface area contributed by atoms with E-state index < -0.39 is 0 Å². The van der Waals surface area contributed by atoms with Crippen LogP contribution in [0.3, 0.4) is 0 Å². The molecule has 2 fully saturated rings. The van der Waals surface area contributed by atoms with Crippen LogP contribution in [0.15, 0.2) is 12.4 Å². The van der Waals surface area contributed by atoms with Gasteiger partial charge in [0.05, 0.1) is 0 Å². The number of rotatable bonds is 3. The predicted molar refractivity (Wildman–Crippen MR) is 77.5 cm³/mol. The molecule has 4 nitrogen and oxygen atoms in total. The summed E-state index contributed by atoms with van der Waals surface area (Å²) in [6, 6.07) is 0.576. The zero-order chi connectivity index (χ0) is 13.1. The van der Waals surface area contributed by atoms with Gasteiger partial charge in [-0.05, 0) is 44.2 Å². The highest BCUT2D eigenvalue weighted by Gasteiger charge is 2.21. The molecule has 1 N–H and O–H groups in total. The second-order valence-corrected chi connectivity index (χ2v) is 5.87. The van der Waals surface area contributed by atoms with Crippen molar-refractivity contribution in [2.24, 2.45) is 0 Å². The van der Waals surface area contributed by atoms with Crippen LogP contribution in [0.25, 0.3) is 0 Å². The van der Waals surface area contributed by atoms with E-state index in [-0.39, 0.29) is 0 Å². The van der Waals surface area contributed by atoms with E-state index in [1.807, 2.05) is 7.05 Å². The molecular formula is C15H24N4. The third-order valence-corrected chi connectivity index (χ3v) is 4.60. The van der Waals surface area contributed by atoms with E-state index in [1.54, 1.807) is 0 Å². The lowest BCUT2D eigenvalue weighted by Crippen LogP contribution is -2.45. The van der Waals surface area contributed by atoms with E-state index in [1.165, 1.54) is 44.1 Å². The Morgan fingerprint density at radius 3 is 2.53 bits per heavy atom. The van der Waals surface area contributed by atoms with Gasteiger partial charge in [-0.2, -0.15) is 0 Å². The average Bonchev–Trinajstić information content (AvgIpc) is 3.02. The van der Waals surface area contributed by atoms with Crippen LogP contribution in [0.1, 0.15) is 50.0 Å². The number of nitrogens with one attached hydrogen (secondary N) is 1. The van der Waals surface area contributed by atoms with E-state index in [2.05, 4.69) is 32.6 Å². The lowest BCUT2D eigenvalue weighted by molar-refractivity contribution is 0.445. The fourth-order valence-electron chi connectivity index (χ4n) is 3.36. The molecular weight excluding hydrogens is 236 g/mol. The van der Waals surface area contributed by atoms with E-state index in [9.17, 15) is 0 Å². The van der Waals surface area contributed by atoms with Crippen molar-refractivity contribution >= 4 is 5.95 Å². The van der Waals surface area contributed by atoms with E-state index in [4.69, 9.17) is 0 Å². The van der Waals surface area contributed by atoms with Gasteiger partial charge in [0.25, 0.3) is 0 Å². The van der Waals surface area contributed by atoms with Gasteiger partial charge in [0.1, 0.15) is 0 Å². The van der Waals surface area contributed by atoms with Crippen molar-refractivity contribution in [1.82, 2.24) is 15.3 Å². The number of aromatic nitrogens is 2. The SMILES string of the molecule is CNC1CCCN(c2ncc(C3CCCC3)cn2)C1. The Morgan fingerprint density at radius 1 is 1.11 bits per heavy atom. The highest BCUT2D eigenvalue weighted by molar-refractivity contribution is 5.32. The standard InChI is InChI=1S/C15H24N4/c1-16-14-7-4-8-19(11-14)15-17-9-13(10-18-15)12-5-2-3-6-12/h9-10,12,14,16H,2-8,11H2,1H3. The van der Waals surface area contributed by atoms with Gasteiger partial charge in [-0.25, -0.2) is 9.97 Å². The third kappa shape index (κ3) is 2.89. The summed E-state index contributed by atoms with van der Waals surface area (Å²) in [4.78, 5) is 11.5. The van der Waals surface area contributed by atoms with Gasteiger partial charge in [0.15, 0.2) is 0 Å². The molecule has 1 atom stereocenters. The van der Waals surface area contributed by atoms with Crippen LogP contribution in [0, 0.1) is 0 Å². The van der Waals surface area contributed by atoms with Crippen LogP contribution in [0.4, 0.5) is 5.95 Å². The summed E-state index contributed by atoms with van der Waals surface area (Å²) in [6.45, 7) is 2.11. The summed E-state index contributed by atoms with van der Waals surface area (Å²) in [6.07, 6.45) is 11.9. The Kier molecular flexibility index (Phi) is 3.97. The highest BCUT2D eigenvalue weighted by Crippen LogP contribution is 2.33. The summed E-state index contributed by atoms with van der Waals surface area (Å²) < 4.78 is 0. The Morgan fingerprint density at radius 2 is 1.84 bits per heavy atom. The van der Waals surface area contributed by atoms with Gasteiger partial charge in [0, 0.05) is 31.5 Å². The largest absolute Gasteiger partial charge is 0.339 e. The summed E-state index contributed by atoms with van der Waals surface area (Å²) >= 11 is 0. The molecule has 0 aromatic carbocycles. The summed E-state index contributed by atoms with van der Waals surface area (Å²) in [5.41, 5.74) is 1.34. The molecule has 2 heterocycles. The number of hydrogen-bond acceptors (Lipinski definition) is 4. The lowest BCUT2D eigenvalue weighted by atomic mass is 10.0. The third-order valence-electron chi connectivity index (χ3n) is 4.60. The fourth-order valence-corrected chi connectivity index (χ4v) is 3.36. The second-order valence-electron chi connectivity index (χ2n) is 5.87. The van der Waals surface area contributed by atoms with E-state index >= 15 is 0 Å². The second kappa shape index (κ2) is 5.87. The van der Waals surface area contributed by atoms with Crippen molar-refractivity contribution in [2.45, 2.75) is 50.5 Å². The molecule has 1 saturated heterocycles. The lowest BCUT2D eigenvalue weighted by Gasteiger charge is -2.32. The van der Waals surface area contributed by atoms with Gasteiger partial charge in [-0.3, -0.25) is 0 Å². The molecule has 4 heteroatoms. The zero-order valence-electron chi connectivity index (χ0n) is 11.8. The molecule has 0 bridgehead atoms. The van der Waals surface area contributed by atoms with Crippen LogP contribution in [0.2, 0.25) is 0 Å². The quantitative estimate of drug-likeness (QED) is 0.905. The van der Waals surface area contributed by atoms with Crippen LogP contribution in [-0.2, 0) is 0 Å². The molecule has 0 amide bonds. The first-order chi connectivity index (χ1) is 9.36. The molecule has 0 radical (unpaired) electrons. The minimum absolute atomic E-state index is 0.576. The van der Waals surface area contributed by atoms with Gasteiger partial charge in [-0.15, -0.1) is 0 Å². The molecule has 2 aliphatic rings. The highest BCUT2D eigenvalue weighted by atomic mass is 15.3. The monoisotopic (exact) mass is 260 g/mol. The zero-order valence-corrected chi connectivity index (χ0v) is 11.8. The summed E-state index contributed by atoms with van der Waals surface area (Å²) in [5, 5.41) is 3.36. The van der Waals surface area contributed by atoms with Crippen LogP contribution in [-0.4, -0.2) is 36.1 Å². The van der Waals surface area contributed by atoms with Crippen molar-refractivity contribution in [3.63, 3.8) is 0 Å². The van der Waals surface area contributed by atoms with Crippen molar-refractivity contribution in [2.75, 3.05) is 25.0 Å². The van der Waals surface area contributed by atoms with Crippen molar-refractivity contribution in [1.29, 1.82) is 0 Å². The van der Waals surface area contributed by atoms with Crippen LogP contribution >= 0.6 is 0 Å². The van der Waals surface area contributed by atoms with Gasteiger partial charge in [-0.1, -0.05) is 12.8 Å². The Hall–Kier alpha value is -1.16.